The molecule has 0 fully saturated rings. The van der Waals surface area contributed by atoms with Gasteiger partial charge in [0.15, 0.2) is 0 Å². The van der Waals surface area contributed by atoms with Crippen molar-refractivity contribution in [3.8, 4) is 0 Å². The normalized spacial score (nSPS) is 11.8. The van der Waals surface area contributed by atoms with Gasteiger partial charge in [-0.05, 0) is 36.8 Å². The number of benzene rings is 1. The first kappa shape index (κ1) is 17.1. The molecule has 122 valence electrons. The highest BCUT2D eigenvalue weighted by atomic mass is 35.5. The van der Waals surface area contributed by atoms with Gasteiger partial charge in [0.25, 0.3) is 0 Å². The number of aryl methyl sites for hydroxylation is 1. The first-order valence-electron chi connectivity index (χ1n) is 7.00. The lowest BCUT2D eigenvalue weighted by Crippen LogP contribution is -2.41. The molecule has 0 bridgehead atoms. The topological polar surface area (TPSA) is 91.6 Å². The van der Waals surface area contributed by atoms with E-state index in [9.17, 15) is 14.7 Å². The van der Waals surface area contributed by atoms with E-state index in [0.717, 1.165) is 5.56 Å². The third-order valence-corrected chi connectivity index (χ3v) is 3.37. The van der Waals surface area contributed by atoms with Crippen molar-refractivity contribution >= 4 is 23.4 Å². The van der Waals surface area contributed by atoms with Crippen LogP contribution in [0, 0.1) is 6.92 Å². The molecule has 0 aliphatic rings. The standard InChI is InChI=1S/C16H17ClN2O4/c1-10-2-7-14(23-10)13(20)9-19-16(22)15(21)18-8-11-3-5-12(17)6-4-11/h2-7,13,20H,8-9H2,1H3,(H,18,21)(H,19,22). The summed E-state index contributed by atoms with van der Waals surface area (Å²) >= 11 is 5.76. The average Bonchev–Trinajstić information content (AvgIpc) is 2.98. The lowest BCUT2D eigenvalue weighted by molar-refractivity contribution is -0.139. The maximum Gasteiger partial charge on any atom is 0.309 e. The lowest BCUT2D eigenvalue weighted by Gasteiger charge is -2.10. The van der Waals surface area contributed by atoms with Crippen LogP contribution in [-0.4, -0.2) is 23.5 Å². The zero-order valence-corrected chi connectivity index (χ0v) is 13.3. The Hall–Kier alpha value is -2.31. The predicted octanol–water partition coefficient (Wildman–Crippen LogP) is 1.71. The molecular weight excluding hydrogens is 320 g/mol. The number of carbonyl (C=O) groups excluding carboxylic acids is 2. The SMILES string of the molecule is Cc1ccc(C(O)CNC(=O)C(=O)NCc2ccc(Cl)cc2)o1. The minimum Gasteiger partial charge on any atom is -0.464 e. The second-order valence-electron chi connectivity index (χ2n) is 4.98. The van der Waals surface area contributed by atoms with Crippen LogP contribution in [0.4, 0.5) is 0 Å². The van der Waals surface area contributed by atoms with E-state index in [-0.39, 0.29) is 13.1 Å². The summed E-state index contributed by atoms with van der Waals surface area (Å²) in [5, 5.41) is 15.3. The maximum absolute atomic E-state index is 11.7. The lowest BCUT2D eigenvalue weighted by atomic mass is 10.2. The third kappa shape index (κ3) is 5.12. The van der Waals surface area contributed by atoms with E-state index in [2.05, 4.69) is 10.6 Å². The summed E-state index contributed by atoms with van der Waals surface area (Å²) in [7, 11) is 0. The van der Waals surface area contributed by atoms with Gasteiger partial charge in [0, 0.05) is 11.6 Å². The summed E-state index contributed by atoms with van der Waals surface area (Å²) in [6, 6.07) is 10.2. The Bertz CT molecular complexity index is 682. The molecule has 7 heteroatoms. The van der Waals surface area contributed by atoms with Crippen molar-refractivity contribution in [1.82, 2.24) is 10.6 Å². The van der Waals surface area contributed by atoms with E-state index in [1.54, 1.807) is 43.3 Å². The van der Waals surface area contributed by atoms with Gasteiger partial charge in [0.1, 0.15) is 17.6 Å². The third-order valence-electron chi connectivity index (χ3n) is 3.12. The summed E-state index contributed by atoms with van der Waals surface area (Å²) < 4.78 is 5.24. The number of hydrogen-bond acceptors (Lipinski definition) is 4. The fourth-order valence-corrected chi connectivity index (χ4v) is 1.99. The van der Waals surface area contributed by atoms with Crippen LogP contribution in [0.2, 0.25) is 5.02 Å². The minimum absolute atomic E-state index is 0.111. The van der Waals surface area contributed by atoms with Crippen LogP contribution in [0.1, 0.15) is 23.2 Å². The van der Waals surface area contributed by atoms with Gasteiger partial charge in [-0.3, -0.25) is 9.59 Å². The predicted molar refractivity (Wildman–Crippen MR) is 84.7 cm³/mol. The van der Waals surface area contributed by atoms with Gasteiger partial charge in [0.2, 0.25) is 0 Å². The molecule has 1 aromatic heterocycles. The fourth-order valence-electron chi connectivity index (χ4n) is 1.87. The molecule has 0 aliphatic carbocycles. The molecule has 2 amide bonds. The molecule has 2 aromatic rings. The highest BCUT2D eigenvalue weighted by Gasteiger charge is 2.17. The number of aliphatic hydroxyl groups is 1. The van der Waals surface area contributed by atoms with Crippen molar-refractivity contribution in [2.75, 3.05) is 6.54 Å². The van der Waals surface area contributed by atoms with Crippen LogP contribution in [0.3, 0.4) is 0 Å². The monoisotopic (exact) mass is 336 g/mol. The second kappa shape index (κ2) is 7.80. The molecule has 0 aliphatic heterocycles. The minimum atomic E-state index is -1.00. The molecule has 23 heavy (non-hydrogen) atoms. The van der Waals surface area contributed by atoms with Crippen LogP contribution >= 0.6 is 11.6 Å². The molecule has 2 rings (SSSR count). The van der Waals surface area contributed by atoms with E-state index < -0.39 is 17.9 Å². The Kier molecular flexibility index (Phi) is 5.78. The van der Waals surface area contributed by atoms with Crippen molar-refractivity contribution in [3.63, 3.8) is 0 Å². The molecule has 1 heterocycles. The Morgan fingerprint density at radius 1 is 1.13 bits per heavy atom. The van der Waals surface area contributed by atoms with Crippen LogP contribution in [0.15, 0.2) is 40.8 Å². The second-order valence-corrected chi connectivity index (χ2v) is 5.42. The quantitative estimate of drug-likeness (QED) is 0.725. The van der Waals surface area contributed by atoms with Gasteiger partial charge in [-0.2, -0.15) is 0 Å². The van der Waals surface area contributed by atoms with Crippen LogP contribution < -0.4 is 10.6 Å². The fraction of sp³-hybridized carbons (Fsp3) is 0.250. The summed E-state index contributed by atoms with van der Waals surface area (Å²) in [6.07, 6.45) is -1.00. The van der Waals surface area contributed by atoms with Gasteiger partial charge in [-0.1, -0.05) is 23.7 Å². The Morgan fingerprint density at radius 3 is 2.39 bits per heavy atom. The highest BCUT2D eigenvalue weighted by molar-refractivity contribution is 6.35. The molecule has 6 nitrogen and oxygen atoms in total. The van der Waals surface area contributed by atoms with Gasteiger partial charge >= 0.3 is 11.8 Å². The van der Waals surface area contributed by atoms with Gasteiger partial charge < -0.3 is 20.2 Å². The average molecular weight is 337 g/mol. The summed E-state index contributed by atoms with van der Waals surface area (Å²) in [5.74, 6) is -0.598. The molecule has 0 radical (unpaired) electrons. The first-order chi connectivity index (χ1) is 11.0. The van der Waals surface area contributed by atoms with E-state index in [1.165, 1.54) is 0 Å². The number of furan rings is 1. The van der Waals surface area contributed by atoms with Crippen LogP contribution in [0.25, 0.3) is 0 Å². The van der Waals surface area contributed by atoms with Gasteiger partial charge in [0.05, 0.1) is 6.54 Å². The number of amides is 2. The van der Waals surface area contributed by atoms with E-state index in [0.29, 0.717) is 16.5 Å². The molecule has 0 spiro atoms. The summed E-state index contributed by atoms with van der Waals surface area (Å²) in [4.78, 5) is 23.4. The summed E-state index contributed by atoms with van der Waals surface area (Å²) in [6.45, 7) is 1.85. The number of halogens is 1. The van der Waals surface area contributed by atoms with Crippen molar-refractivity contribution < 1.29 is 19.1 Å². The number of aliphatic hydroxyl groups excluding tert-OH is 1. The first-order valence-corrected chi connectivity index (χ1v) is 7.38. The van der Waals surface area contributed by atoms with E-state index >= 15 is 0 Å². The van der Waals surface area contributed by atoms with Gasteiger partial charge in [-0.15, -0.1) is 0 Å². The summed E-state index contributed by atoms with van der Waals surface area (Å²) in [5.41, 5.74) is 0.821. The van der Waals surface area contributed by atoms with Crippen LogP contribution in [-0.2, 0) is 16.1 Å². The zero-order valence-electron chi connectivity index (χ0n) is 12.5. The zero-order chi connectivity index (χ0) is 16.8. The number of carbonyl (C=O) groups is 2. The molecular formula is C16H17ClN2O4. The number of nitrogens with one attached hydrogen (secondary N) is 2. The van der Waals surface area contributed by atoms with Crippen molar-refractivity contribution in [2.24, 2.45) is 0 Å². The molecule has 3 N–H and O–H groups in total. The van der Waals surface area contributed by atoms with Crippen molar-refractivity contribution in [2.45, 2.75) is 19.6 Å². The smallest absolute Gasteiger partial charge is 0.309 e. The van der Waals surface area contributed by atoms with E-state index in [1.807, 2.05) is 0 Å². The Morgan fingerprint density at radius 2 is 1.78 bits per heavy atom. The van der Waals surface area contributed by atoms with Crippen molar-refractivity contribution in [1.29, 1.82) is 0 Å². The largest absolute Gasteiger partial charge is 0.464 e. The molecule has 1 unspecified atom stereocenters. The maximum atomic E-state index is 11.7. The number of rotatable bonds is 5. The Labute approximate surface area is 138 Å². The molecule has 1 atom stereocenters. The highest BCUT2D eigenvalue weighted by Crippen LogP contribution is 2.15. The van der Waals surface area contributed by atoms with Crippen molar-refractivity contribution in [3.05, 3.63) is 58.5 Å². The molecule has 1 aromatic carbocycles. The Balaban J connectivity index is 1.76. The molecule has 0 saturated carbocycles. The van der Waals surface area contributed by atoms with E-state index in [4.69, 9.17) is 16.0 Å². The number of hydrogen-bond donors (Lipinski definition) is 3. The van der Waals surface area contributed by atoms with Gasteiger partial charge in [-0.25, -0.2) is 0 Å². The molecule has 0 saturated heterocycles. The van der Waals surface area contributed by atoms with Crippen LogP contribution in [0.5, 0.6) is 0 Å².